The molecule has 0 fully saturated rings. The Balaban J connectivity index is 1.16. The summed E-state index contributed by atoms with van der Waals surface area (Å²) in [4.78, 5) is 0. The van der Waals surface area contributed by atoms with E-state index in [1.165, 1.54) is 43.8 Å². The minimum absolute atomic E-state index is 0.868. The zero-order valence-corrected chi connectivity index (χ0v) is 28.1. The second kappa shape index (κ2) is 11.3. The van der Waals surface area contributed by atoms with Crippen molar-refractivity contribution in [3.05, 3.63) is 182 Å². The molecular formula is C50H30O2. The third kappa shape index (κ3) is 4.25. The van der Waals surface area contributed by atoms with Crippen molar-refractivity contribution in [2.45, 2.75) is 0 Å². The van der Waals surface area contributed by atoms with Gasteiger partial charge in [-0.2, -0.15) is 0 Å². The lowest BCUT2D eigenvalue weighted by Crippen LogP contribution is -1.91. The first-order chi connectivity index (χ1) is 25.8. The molecule has 11 rings (SSSR count). The normalized spacial score (nSPS) is 11.8. The lowest BCUT2D eigenvalue weighted by molar-refractivity contribution is 0.669. The highest BCUT2D eigenvalue weighted by Gasteiger charge is 2.21. The monoisotopic (exact) mass is 662 g/mol. The molecule has 11 aromatic rings. The summed E-state index contributed by atoms with van der Waals surface area (Å²) < 4.78 is 13.3. The summed E-state index contributed by atoms with van der Waals surface area (Å²) in [5, 5.41) is 9.39. The standard InChI is InChI=1S/C50H30O2/c1-2-14-31(15-3-1)46-36-19-4-6-21-38(36)47(39-22-7-5-20-37(39)46)33-17-12-16-32(30-33)34-28-29-40(48-43-23-9-11-27-45(43)52-50(34)48)42-25-13-24-41-35-18-8-10-26-44(35)51-49(41)42/h1-30H. The predicted molar refractivity (Wildman–Crippen MR) is 218 cm³/mol. The van der Waals surface area contributed by atoms with Crippen molar-refractivity contribution >= 4 is 65.4 Å². The van der Waals surface area contributed by atoms with Crippen LogP contribution >= 0.6 is 0 Å². The van der Waals surface area contributed by atoms with E-state index in [4.69, 9.17) is 8.83 Å². The summed E-state index contributed by atoms with van der Waals surface area (Å²) in [5.41, 5.74) is 12.7. The fourth-order valence-electron chi connectivity index (χ4n) is 8.44. The van der Waals surface area contributed by atoms with E-state index < -0.39 is 0 Å². The number of hydrogen-bond donors (Lipinski definition) is 0. The van der Waals surface area contributed by atoms with Gasteiger partial charge in [0.05, 0.1) is 0 Å². The molecule has 2 nitrogen and oxygen atoms in total. The van der Waals surface area contributed by atoms with Gasteiger partial charge in [-0.1, -0.05) is 158 Å². The van der Waals surface area contributed by atoms with Gasteiger partial charge in [0, 0.05) is 32.7 Å². The van der Waals surface area contributed by atoms with Crippen LogP contribution in [0.3, 0.4) is 0 Å². The molecule has 0 saturated heterocycles. The quantitative estimate of drug-likeness (QED) is 0.175. The highest BCUT2D eigenvalue weighted by molar-refractivity contribution is 6.22. The van der Waals surface area contributed by atoms with Gasteiger partial charge in [0.25, 0.3) is 0 Å². The molecule has 0 aliphatic heterocycles. The molecule has 9 aromatic carbocycles. The van der Waals surface area contributed by atoms with E-state index in [1.54, 1.807) is 0 Å². The van der Waals surface area contributed by atoms with E-state index in [0.29, 0.717) is 0 Å². The zero-order valence-electron chi connectivity index (χ0n) is 28.1. The molecule has 0 amide bonds. The van der Waals surface area contributed by atoms with Gasteiger partial charge < -0.3 is 8.83 Å². The van der Waals surface area contributed by atoms with Gasteiger partial charge in [0.2, 0.25) is 0 Å². The molecule has 0 radical (unpaired) electrons. The summed E-state index contributed by atoms with van der Waals surface area (Å²) >= 11 is 0. The topological polar surface area (TPSA) is 26.3 Å². The number of fused-ring (bicyclic) bond motifs is 8. The summed E-state index contributed by atoms with van der Waals surface area (Å²) in [6, 6.07) is 64.9. The fraction of sp³-hybridized carbons (Fsp3) is 0. The zero-order chi connectivity index (χ0) is 34.2. The molecule has 0 N–H and O–H groups in total. The van der Waals surface area contributed by atoms with E-state index in [1.807, 2.05) is 18.2 Å². The summed E-state index contributed by atoms with van der Waals surface area (Å²) in [6.45, 7) is 0. The summed E-state index contributed by atoms with van der Waals surface area (Å²) in [6.07, 6.45) is 0. The van der Waals surface area contributed by atoms with Crippen LogP contribution in [0.5, 0.6) is 0 Å². The van der Waals surface area contributed by atoms with Crippen molar-refractivity contribution in [1.29, 1.82) is 0 Å². The molecule has 0 aliphatic rings. The maximum atomic E-state index is 6.79. The molecule has 0 unspecified atom stereocenters. The summed E-state index contributed by atoms with van der Waals surface area (Å²) in [7, 11) is 0. The Kier molecular flexibility index (Phi) is 6.28. The average Bonchev–Trinajstić information content (AvgIpc) is 3.79. The van der Waals surface area contributed by atoms with E-state index in [0.717, 1.165) is 66.1 Å². The third-order valence-corrected chi connectivity index (χ3v) is 10.7. The van der Waals surface area contributed by atoms with Crippen LogP contribution in [-0.2, 0) is 0 Å². The largest absolute Gasteiger partial charge is 0.455 e. The van der Waals surface area contributed by atoms with Gasteiger partial charge in [-0.3, -0.25) is 0 Å². The molecule has 2 aromatic heterocycles. The smallest absolute Gasteiger partial charge is 0.143 e. The number of furan rings is 2. The first-order valence-corrected chi connectivity index (χ1v) is 17.8. The third-order valence-electron chi connectivity index (χ3n) is 10.7. The minimum Gasteiger partial charge on any atom is -0.455 e. The maximum Gasteiger partial charge on any atom is 0.143 e. The van der Waals surface area contributed by atoms with Crippen molar-refractivity contribution in [2.24, 2.45) is 0 Å². The highest BCUT2D eigenvalue weighted by atomic mass is 16.3. The van der Waals surface area contributed by atoms with Crippen LogP contribution in [0.1, 0.15) is 0 Å². The fourth-order valence-corrected chi connectivity index (χ4v) is 8.44. The molecule has 0 bridgehead atoms. The Hall–Kier alpha value is -6.90. The number of para-hydroxylation sites is 3. The van der Waals surface area contributed by atoms with Gasteiger partial charge in [0.1, 0.15) is 22.3 Å². The molecule has 0 aliphatic carbocycles. The van der Waals surface area contributed by atoms with Gasteiger partial charge in [0.15, 0.2) is 0 Å². The van der Waals surface area contributed by atoms with Gasteiger partial charge in [-0.25, -0.2) is 0 Å². The minimum atomic E-state index is 0.868. The SMILES string of the molecule is c1ccc(-c2c3ccccc3c(-c3cccc(-c4ccc(-c5cccc6c5oc5ccccc56)c5c4oc4ccccc45)c3)c3ccccc23)cc1. The molecule has 2 heterocycles. The Morgan fingerprint density at radius 2 is 0.750 bits per heavy atom. The number of rotatable bonds is 4. The van der Waals surface area contributed by atoms with Crippen LogP contribution in [0.15, 0.2) is 191 Å². The van der Waals surface area contributed by atoms with E-state index in [2.05, 4.69) is 164 Å². The van der Waals surface area contributed by atoms with Crippen LogP contribution in [0.2, 0.25) is 0 Å². The lowest BCUT2D eigenvalue weighted by atomic mass is 9.85. The average molecular weight is 663 g/mol. The number of benzene rings is 9. The molecular weight excluding hydrogens is 633 g/mol. The van der Waals surface area contributed by atoms with E-state index in [-0.39, 0.29) is 0 Å². The van der Waals surface area contributed by atoms with Crippen molar-refractivity contribution < 1.29 is 8.83 Å². The van der Waals surface area contributed by atoms with Crippen molar-refractivity contribution in [3.8, 4) is 44.5 Å². The molecule has 0 atom stereocenters. The predicted octanol–water partition coefficient (Wildman–Crippen LogP) is 14.5. The van der Waals surface area contributed by atoms with Gasteiger partial charge in [-0.15, -0.1) is 0 Å². The van der Waals surface area contributed by atoms with Crippen molar-refractivity contribution in [2.75, 3.05) is 0 Å². The lowest BCUT2D eigenvalue weighted by Gasteiger charge is -2.18. The van der Waals surface area contributed by atoms with Crippen LogP contribution in [0.4, 0.5) is 0 Å². The Bertz CT molecular complexity index is 3120. The van der Waals surface area contributed by atoms with Gasteiger partial charge >= 0.3 is 0 Å². The Morgan fingerprint density at radius 3 is 1.46 bits per heavy atom. The molecule has 0 spiro atoms. The first-order valence-electron chi connectivity index (χ1n) is 17.8. The molecule has 242 valence electrons. The second-order valence-electron chi connectivity index (χ2n) is 13.5. The van der Waals surface area contributed by atoms with Crippen LogP contribution in [0.25, 0.3) is 110 Å². The van der Waals surface area contributed by atoms with Gasteiger partial charge in [-0.05, 0) is 79.2 Å². The molecule has 0 saturated carbocycles. The Morgan fingerprint density at radius 1 is 0.269 bits per heavy atom. The van der Waals surface area contributed by atoms with Crippen LogP contribution in [-0.4, -0.2) is 0 Å². The van der Waals surface area contributed by atoms with Crippen LogP contribution in [0, 0.1) is 0 Å². The van der Waals surface area contributed by atoms with Crippen LogP contribution < -0.4 is 0 Å². The second-order valence-corrected chi connectivity index (χ2v) is 13.5. The Labute approximate surface area is 299 Å². The summed E-state index contributed by atoms with van der Waals surface area (Å²) in [5.74, 6) is 0. The molecule has 52 heavy (non-hydrogen) atoms. The van der Waals surface area contributed by atoms with Crippen molar-refractivity contribution in [1.82, 2.24) is 0 Å². The first kappa shape index (κ1) is 28.9. The van der Waals surface area contributed by atoms with Crippen molar-refractivity contribution in [3.63, 3.8) is 0 Å². The number of hydrogen-bond acceptors (Lipinski definition) is 2. The van der Waals surface area contributed by atoms with E-state index in [9.17, 15) is 0 Å². The van der Waals surface area contributed by atoms with E-state index >= 15 is 0 Å². The maximum absolute atomic E-state index is 6.79. The highest BCUT2D eigenvalue weighted by Crippen LogP contribution is 2.47. The molecule has 2 heteroatoms.